The van der Waals surface area contributed by atoms with E-state index in [0.717, 1.165) is 0 Å². The maximum absolute atomic E-state index is 11.5. The first-order valence-electron chi connectivity index (χ1n) is 4.15. The Morgan fingerprint density at radius 2 is 2.12 bits per heavy atom. The predicted molar refractivity (Wildman–Crippen MR) is 61.8 cm³/mol. The summed E-state index contributed by atoms with van der Waals surface area (Å²) in [5.74, 6) is -1.18. The molecule has 0 radical (unpaired) electrons. The molecular formula is C9H8BrClN2O3. The van der Waals surface area contributed by atoms with E-state index in [1.807, 2.05) is 0 Å². The maximum atomic E-state index is 11.5. The second kappa shape index (κ2) is 5.83. The van der Waals surface area contributed by atoms with Gasteiger partial charge in [0.15, 0.2) is 6.61 Å². The highest BCUT2D eigenvalue weighted by Crippen LogP contribution is 2.19. The summed E-state index contributed by atoms with van der Waals surface area (Å²) in [7, 11) is 0. The van der Waals surface area contributed by atoms with Crippen molar-refractivity contribution in [1.82, 2.24) is 5.48 Å². The van der Waals surface area contributed by atoms with Gasteiger partial charge in [0.1, 0.15) is 0 Å². The molecule has 1 aromatic rings. The molecule has 86 valence electrons. The Hall–Kier alpha value is -1.11. The lowest BCUT2D eigenvalue weighted by Gasteiger charge is -2.05. The molecule has 16 heavy (non-hydrogen) atoms. The minimum atomic E-state index is -0.674. The number of carbonyl (C=O) groups is 2. The lowest BCUT2D eigenvalue weighted by atomic mass is 10.2. The molecule has 1 rings (SSSR count). The Kier molecular flexibility index (Phi) is 4.72. The largest absolute Gasteiger partial charge is 0.368 e. The second-order valence-corrected chi connectivity index (χ2v) is 4.20. The number of benzene rings is 1. The molecule has 1 aromatic carbocycles. The van der Waals surface area contributed by atoms with Gasteiger partial charge in [-0.05, 0) is 18.2 Å². The van der Waals surface area contributed by atoms with Crippen molar-refractivity contribution in [3.05, 3.63) is 33.3 Å². The Bertz CT molecular complexity index is 405. The van der Waals surface area contributed by atoms with Crippen LogP contribution in [0.1, 0.15) is 10.4 Å². The van der Waals surface area contributed by atoms with E-state index >= 15 is 0 Å². The number of hydroxylamine groups is 1. The van der Waals surface area contributed by atoms with Crippen molar-refractivity contribution in [2.24, 2.45) is 5.73 Å². The van der Waals surface area contributed by atoms with Gasteiger partial charge < -0.3 is 5.73 Å². The van der Waals surface area contributed by atoms with E-state index in [1.54, 1.807) is 12.1 Å². The first kappa shape index (κ1) is 13.0. The molecule has 0 saturated heterocycles. The van der Waals surface area contributed by atoms with E-state index in [9.17, 15) is 9.59 Å². The molecule has 0 aromatic heterocycles. The zero-order valence-corrected chi connectivity index (χ0v) is 10.3. The van der Waals surface area contributed by atoms with E-state index in [4.69, 9.17) is 17.3 Å². The quantitative estimate of drug-likeness (QED) is 0.821. The summed E-state index contributed by atoms with van der Waals surface area (Å²) in [5, 5.41) is 0.412. The summed E-state index contributed by atoms with van der Waals surface area (Å²) in [4.78, 5) is 26.4. The van der Waals surface area contributed by atoms with Crippen molar-refractivity contribution in [1.29, 1.82) is 0 Å². The fraction of sp³-hybridized carbons (Fsp3) is 0.111. The van der Waals surface area contributed by atoms with Crippen LogP contribution in [0.5, 0.6) is 0 Å². The Morgan fingerprint density at radius 3 is 2.69 bits per heavy atom. The van der Waals surface area contributed by atoms with Crippen molar-refractivity contribution < 1.29 is 14.4 Å². The molecule has 0 bridgehead atoms. The molecule has 0 spiro atoms. The highest BCUT2D eigenvalue weighted by molar-refractivity contribution is 9.10. The number of halogens is 2. The maximum Gasteiger partial charge on any atom is 0.274 e. The Morgan fingerprint density at radius 1 is 1.44 bits per heavy atom. The SMILES string of the molecule is NC(=O)CONC(=O)c1cc(Cl)cc(Br)c1. The van der Waals surface area contributed by atoms with E-state index in [1.165, 1.54) is 6.07 Å². The number of rotatable bonds is 4. The van der Waals surface area contributed by atoms with Crippen molar-refractivity contribution in [2.45, 2.75) is 0 Å². The molecule has 0 heterocycles. The molecule has 3 N–H and O–H groups in total. The third kappa shape index (κ3) is 4.18. The van der Waals surface area contributed by atoms with Crippen LogP contribution in [0.4, 0.5) is 0 Å². The third-order valence-electron chi connectivity index (χ3n) is 1.50. The third-order valence-corrected chi connectivity index (χ3v) is 2.18. The fourth-order valence-electron chi connectivity index (χ4n) is 0.917. The van der Waals surface area contributed by atoms with Gasteiger partial charge in [0.25, 0.3) is 5.91 Å². The number of amides is 2. The molecule has 0 saturated carbocycles. The number of primary amides is 1. The van der Waals surface area contributed by atoms with Crippen LogP contribution < -0.4 is 11.2 Å². The standard InChI is InChI=1S/C9H8BrClN2O3/c10-6-1-5(2-7(11)3-6)9(15)13-16-4-8(12)14/h1-3H,4H2,(H2,12,14)(H,13,15). The van der Waals surface area contributed by atoms with Gasteiger partial charge in [-0.3, -0.25) is 14.4 Å². The normalized spacial score (nSPS) is 9.88. The predicted octanol–water partition coefficient (Wildman–Crippen LogP) is 1.25. The van der Waals surface area contributed by atoms with E-state index in [-0.39, 0.29) is 6.61 Å². The number of nitrogens with two attached hydrogens (primary N) is 1. The number of nitrogens with one attached hydrogen (secondary N) is 1. The van der Waals surface area contributed by atoms with E-state index in [2.05, 4.69) is 26.2 Å². The van der Waals surface area contributed by atoms with Gasteiger partial charge in [0, 0.05) is 15.1 Å². The van der Waals surface area contributed by atoms with Crippen LogP contribution in [-0.2, 0) is 9.63 Å². The molecule has 0 aliphatic rings. The van der Waals surface area contributed by atoms with Crippen LogP contribution in [0.25, 0.3) is 0 Å². The lowest BCUT2D eigenvalue weighted by molar-refractivity contribution is -0.124. The zero-order valence-electron chi connectivity index (χ0n) is 8.00. The van der Waals surface area contributed by atoms with Crippen molar-refractivity contribution >= 4 is 39.3 Å². The number of hydrogen-bond acceptors (Lipinski definition) is 3. The van der Waals surface area contributed by atoms with E-state index < -0.39 is 11.8 Å². The molecule has 0 aliphatic heterocycles. The van der Waals surface area contributed by atoms with Gasteiger partial charge in [0.2, 0.25) is 5.91 Å². The molecular weight excluding hydrogens is 299 g/mol. The summed E-state index contributed by atoms with van der Waals surface area (Å²) in [6, 6.07) is 4.67. The van der Waals surface area contributed by atoms with Crippen LogP contribution in [0.2, 0.25) is 5.02 Å². The highest BCUT2D eigenvalue weighted by atomic mass is 79.9. The Balaban J connectivity index is 2.62. The van der Waals surface area contributed by atoms with Gasteiger partial charge in [-0.2, -0.15) is 0 Å². The summed E-state index contributed by atoms with van der Waals surface area (Å²) >= 11 is 8.95. The topological polar surface area (TPSA) is 81.4 Å². The first-order chi connectivity index (χ1) is 7.49. The van der Waals surface area contributed by atoms with Gasteiger partial charge in [-0.25, -0.2) is 5.48 Å². The minimum Gasteiger partial charge on any atom is -0.368 e. The van der Waals surface area contributed by atoms with Crippen LogP contribution in [0.15, 0.2) is 22.7 Å². The summed E-state index contributed by atoms with van der Waals surface area (Å²) in [6.45, 7) is -0.381. The molecule has 0 aliphatic carbocycles. The van der Waals surface area contributed by atoms with Gasteiger partial charge >= 0.3 is 0 Å². The minimum absolute atomic E-state index is 0.309. The van der Waals surface area contributed by atoms with Crippen molar-refractivity contribution in [2.75, 3.05) is 6.61 Å². The summed E-state index contributed by atoms with van der Waals surface area (Å²) in [6.07, 6.45) is 0. The first-order valence-corrected chi connectivity index (χ1v) is 5.32. The highest BCUT2D eigenvalue weighted by Gasteiger charge is 2.08. The molecule has 0 fully saturated rings. The van der Waals surface area contributed by atoms with Gasteiger partial charge in [0.05, 0.1) is 0 Å². The molecule has 5 nitrogen and oxygen atoms in total. The molecule has 7 heteroatoms. The van der Waals surface area contributed by atoms with Crippen LogP contribution in [0, 0.1) is 0 Å². The van der Waals surface area contributed by atoms with Crippen molar-refractivity contribution in [3.63, 3.8) is 0 Å². The van der Waals surface area contributed by atoms with E-state index in [0.29, 0.717) is 15.1 Å². The monoisotopic (exact) mass is 306 g/mol. The van der Waals surface area contributed by atoms with Crippen LogP contribution in [-0.4, -0.2) is 18.4 Å². The number of hydrogen-bond donors (Lipinski definition) is 2. The van der Waals surface area contributed by atoms with Crippen LogP contribution in [0.3, 0.4) is 0 Å². The van der Waals surface area contributed by atoms with Gasteiger partial charge in [-0.1, -0.05) is 27.5 Å². The Labute approximate surface area is 105 Å². The summed E-state index contributed by atoms with van der Waals surface area (Å²) < 4.78 is 0.667. The second-order valence-electron chi connectivity index (χ2n) is 2.84. The van der Waals surface area contributed by atoms with Gasteiger partial charge in [-0.15, -0.1) is 0 Å². The molecule has 0 atom stereocenters. The smallest absolute Gasteiger partial charge is 0.274 e. The zero-order chi connectivity index (χ0) is 12.1. The fourth-order valence-corrected chi connectivity index (χ4v) is 1.78. The average molecular weight is 308 g/mol. The summed E-state index contributed by atoms with van der Waals surface area (Å²) in [5.41, 5.74) is 7.20. The molecule has 0 unspecified atom stereocenters. The lowest BCUT2D eigenvalue weighted by Crippen LogP contribution is -2.29. The van der Waals surface area contributed by atoms with Crippen LogP contribution >= 0.6 is 27.5 Å². The number of carbonyl (C=O) groups excluding carboxylic acids is 2. The molecule has 2 amide bonds. The average Bonchev–Trinajstić information content (AvgIpc) is 2.15. The van der Waals surface area contributed by atoms with Crippen molar-refractivity contribution in [3.8, 4) is 0 Å².